The van der Waals surface area contributed by atoms with Crippen molar-refractivity contribution >= 4 is 11.6 Å². The van der Waals surface area contributed by atoms with Crippen molar-refractivity contribution in [3.8, 4) is 11.3 Å². The molecule has 0 unspecified atom stereocenters. The summed E-state index contributed by atoms with van der Waals surface area (Å²) in [5.74, 6) is 1.55. The maximum atomic E-state index is 6.08. The van der Waals surface area contributed by atoms with Crippen molar-refractivity contribution in [3.63, 3.8) is 0 Å². The number of nitrogens with zero attached hydrogens (tertiary/aromatic N) is 1. The summed E-state index contributed by atoms with van der Waals surface area (Å²) in [5.41, 5.74) is 2.25. The van der Waals surface area contributed by atoms with Crippen molar-refractivity contribution in [3.05, 3.63) is 40.9 Å². The topological polar surface area (TPSA) is 38.1 Å². The molecule has 2 rings (SSSR count). The van der Waals surface area contributed by atoms with Gasteiger partial charge in [0.05, 0.1) is 6.20 Å². The standard InChI is InChI=1S/C17H23ClN2O/c1-12-8-13(10-14(18)9-12)15-11-19-16(21-15)6-5-7-20-17(2,3)4/h8-11,20H,5-7H2,1-4H3. The van der Waals surface area contributed by atoms with Crippen LogP contribution in [0, 0.1) is 6.92 Å². The lowest BCUT2D eigenvalue weighted by atomic mass is 10.1. The van der Waals surface area contributed by atoms with Crippen molar-refractivity contribution in [2.45, 2.75) is 46.1 Å². The number of hydrogen-bond acceptors (Lipinski definition) is 3. The molecule has 1 heterocycles. The number of aryl methyl sites for hydroxylation is 2. The van der Waals surface area contributed by atoms with Crippen molar-refractivity contribution in [2.75, 3.05) is 6.54 Å². The summed E-state index contributed by atoms with van der Waals surface area (Å²) in [5, 5.41) is 4.18. The first-order valence-corrected chi connectivity index (χ1v) is 7.68. The van der Waals surface area contributed by atoms with Crippen molar-refractivity contribution < 1.29 is 4.42 Å². The lowest BCUT2D eigenvalue weighted by Crippen LogP contribution is -2.36. The molecule has 21 heavy (non-hydrogen) atoms. The molecule has 0 spiro atoms. The highest BCUT2D eigenvalue weighted by Gasteiger charge is 2.10. The molecule has 0 aliphatic rings. The Morgan fingerprint density at radius 2 is 2.00 bits per heavy atom. The molecule has 1 N–H and O–H groups in total. The lowest BCUT2D eigenvalue weighted by molar-refractivity contribution is 0.412. The summed E-state index contributed by atoms with van der Waals surface area (Å²) in [6.07, 6.45) is 3.62. The first-order chi connectivity index (χ1) is 9.83. The van der Waals surface area contributed by atoms with E-state index in [0.717, 1.165) is 47.2 Å². The minimum atomic E-state index is 0.153. The molecule has 3 nitrogen and oxygen atoms in total. The Morgan fingerprint density at radius 3 is 2.67 bits per heavy atom. The summed E-state index contributed by atoms with van der Waals surface area (Å²) >= 11 is 6.08. The van der Waals surface area contributed by atoms with Crippen LogP contribution in [0.15, 0.2) is 28.8 Å². The molecule has 0 fully saturated rings. The zero-order valence-corrected chi connectivity index (χ0v) is 13.9. The fraction of sp³-hybridized carbons (Fsp3) is 0.471. The SMILES string of the molecule is Cc1cc(Cl)cc(-c2cnc(CCCNC(C)(C)C)o2)c1. The van der Waals surface area contributed by atoms with Crippen LogP contribution in [0.25, 0.3) is 11.3 Å². The Kier molecular flexibility index (Phi) is 5.07. The van der Waals surface area contributed by atoms with Gasteiger partial charge in [-0.15, -0.1) is 0 Å². The van der Waals surface area contributed by atoms with Crippen LogP contribution in [-0.2, 0) is 6.42 Å². The molecule has 0 bridgehead atoms. The third-order valence-electron chi connectivity index (χ3n) is 3.10. The lowest BCUT2D eigenvalue weighted by Gasteiger charge is -2.19. The third kappa shape index (κ3) is 5.18. The van der Waals surface area contributed by atoms with E-state index in [1.807, 2.05) is 19.1 Å². The number of oxazole rings is 1. The van der Waals surface area contributed by atoms with E-state index in [4.69, 9.17) is 16.0 Å². The first-order valence-electron chi connectivity index (χ1n) is 7.31. The van der Waals surface area contributed by atoms with Gasteiger partial charge in [-0.2, -0.15) is 0 Å². The molecule has 0 radical (unpaired) electrons. The van der Waals surface area contributed by atoms with Gasteiger partial charge in [0.1, 0.15) is 0 Å². The van der Waals surface area contributed by atoms with Crippen molar-refractivity contribution in [1.29, 1.82) is 0 Å². The summed E-state index contributed by atoms with van der Waals surface area (Å²) in [6, 6.07) is 5.89. The number of rotatable bonds is 5. The minimum Gasteiger partial charge on any atom is -0.441 e. The summed E-state index contributed by atoms with van der Waals surface area (Å²) in [6.45, 7) is 9.47. The van der Waals surface area contributed by atoms with Gasteiger partial charge in [0.2, 0.25) is 0 Å². The molecule has 0 saturated carbocycles. The molecule has 0 aliphatic heterocycles. The number of halogens is 1. The summed E-state index contributed by atoms with van der Waals surface area (Å²) < 4.78 is 5.81. The predicted molar refractivity (Wildman–Crippen MR) is 87.8 cm³/mol. The third-order valence-corrected chi connectivity index (χ3v) is 3.32. The first kappa shape index (κ1) is 16.1. The number of nitrogens with one attached hydrogen (secondary N) is 1. The van der Waals surface area contributed by atoms with Crippen LogP contribution in [0.2, 0.25) is 5.02 Å². The van der Waals surface area contributed by atoms with E-state index in [-0.39, 0.29) is 5.54 Å². The molecule has 1 aromatic heterocycles. The smallest absolute Gasteiger partial charge is 0.194 e. The van der Waals surface area contributed by atoms with Crippen LogP contribution in [0.3, 0.4) is 0 Å². The van der Waals surface area contributed by atoms with Gasteiger partial charge in [0.25, 0.3) is 0 Å². The number of hydrogen-bond donors (Lipinski definition) is 1. The molecule has 0 saturated heterocycles. The molecular weight excluding hydrogens is 284 g/mol. The highest BCUT2D eigenvalue weighted by molar-refractivity contribution is 6.30. The number of aromatic nitrogens is 1. The van der Waals surface area contributed by atoms with Crippen LogP contribution in [0.4, 0.5) is 0 Å². The van der Waals surface area contributed by atoms with E-state index in [1.54, 1.807) is 6.20 Å². The van der Waals surface area contributed by atoms with E-state index in [9.17, 15) is 0 Å². The second-order valence-electron chi connectivity index (χ2n) is 6.42. The summed E-state index contributed by atoms with van der Waals surface area (Å²) in [4.78, 5) is 4.35. The zero-order valence-electron chi connectivity index (χ0n) is 13.2. The van der Waals surface area contributed by atoms with E-state index < -0.39 is 0 Å². The largest absolute Gasteiger partial charge is 0.441 e. The average Bonchev–Trinajstić information content (AvgIpc) is 2.81. The van der Waals surface area contributed by atoms with Gasteiger partial charge in [-0.3, -0.25) is 0 Å². The highest BCUT2D eigenvalue weighted by atomic mass is 35.5. The summed E-state index contributed by atoms with van der Waals surface area (Å²) in [7, 11) is 0. The van der Waals surface area contributed by atoms with Crippen LogP contribution < -0.4 is 5.32 Å². The van der Waals surface area contributed by atoms with Crippen LogP contribution in [0.5, 0.6) is 0 Å². The Morgan fingerprint density at radius 1 is 1.24 bits per heavy atom. The molecule has 0 atom stereocenters. The normalized spacial score (nSPS) is 11.9. The van der Waals surface area contributed by atoms with Gasteiger partial charge < -0.3 is 9.73 Å². The Hall–Kier alpha value is -1.32. The minimum absolute atomic E-state index is 0.153. The highest BCUT2D eigenvalue weighted by Crippen LogP contribution is 2.25. The Labute approximate surface area is 131 Å². The Balaban J connectivity index is 1.95. The quantitative estimate of drug-likeness (QED) is 0.819. The van der Waals surface area contributed by atoms with Crippen LogP contribution >= 0.6 is 11.6 Å². The average molecular weight is 307 g/mol. The molecular formula is C17H23ClN2O. The molecule has 2 aromatic rings. The van der Waals surface area contributed by atoms with Crippen LogP contribution in [-0.4, -0.2) is 17.1 Å². The fourth-order valence-electron chi connectivity index (χ4n) is 2.14. The van der Waals surface area contributed by atoms with Gasteiger partial charge >= 0.3 is 0 Å². The second-order valence-corrected chi connectivity index (χ2v) is 6.85. The molecule has 114 valence electrons. The van der Waals surface area contributed by atoms with Gasteiger partial charge in [-0.05, 0) is 64.4 Å². The van der Waals surface area contributed by atoms with E-state index >= 15 is 0 Å². The maximum Gasteiger partial charge on any atom is 0.194 e. The van der Waals surface area contributed by atoms with Gasteiger partial charge in [-0.1, -0.05) is 11.6 Å². The molecule has 4 heteroatoms. The Bertz CT molecular complexity index is 579. The van der Waals surface area contributed by atoms with Gasteiger partial charge in [-0.25, -0.2) is 4.98 Å². The van der Waals surface area contributed by atoms with Gasteiger partial charge in [0.15, 0.2) is 11.7 Å². The molecule has 1 aromatic carbocycles. The van der Waals surface area contributed by atoms with E-state index in [0.29, 0.717) is 0 Å². The molecule has 0 aliphatic carbocycles. The zero-order chi connectivity index (χ0) is 15.5. The monoisotopic (exact) mass is 306 g/mol. The van der Waals surface area contributed by atoms with Crippen LogP contribution in [0.1, 0.15) is 38.6 Å². The molecule has 0 amide bonds. The second kappa shape index (κ2) is 6.63. The maximum absolute atomic E-state index is 6.08. The number of benzene rings is 1. The fourth-order valence-corrected chi connectivity index (χ4v) is 2.43. The predicted octanol–water partition coefficient (Wildman–Crippen LogP) is 4.62. The van der Waals surface area contributed by atoms with E-state index in [1.165, 1.54) is 0 Å². The van der Waals surface area contributed by atoms with Gasteiger partial charge in [0, 0.05) is 22.5 Å². The van der Waals surface area contributed by atoms with Crippen molar-refractivity contribution in [2.24, 2.45) is 0 Å². The van der Waals surface area contributed by atoms with E-state index in [2.05, 4.69) is 37.1 Å². The van der Waals surface area contributed by atoms with Crippen molar-refractivity contribution in [1.82, 2.24) is 10.3 Å².